The maximum absolute atomic E-state index is 12.1. The van der Waals surface area contributed by atoms with Gasteiger partial charge < -0.3 is 18.9 Å². The fourth-order valence-electron chi connectivity index (χ4n) is 4.29. The summed E-state index contributed by atoms with van der Waals surface area (Å²) < 4.78 is 16.7. The first-order valence-corrected chi connectivity index (χ1v) is 13.7. The number of hydrogen-bond donors (Lipinski definition) is 0. The number of esters is 1. The first-order chi connectivity index (χ1) is 19.3. The third kappa shape index (κ3) is 5.93. The lowest BCUT2D eigenvalue weighted by molar-refractivity contribution is 0.0601. The quantitative estimate of drug-likeness (QED) is 0.159. The molecular formula is C31H25Cl3N2O4. The second kappa shape index (κ2) is 11.9. The molecule has 1 aromatic heterocycles. The highest BCUT2D eigenvalue weighted by Crippen LogP contribution is 2.46. The van der Waals surface area contributed by atoms with Gasteiger partial charge in [0.1, 0.15) is 23.8 Å². The van der Waals surface area contributed by atoms with Gasteiger partial charge >= 0.3 is 5.97 Å². The monoisotopic (exact) mass is 594 g/mol. The Labute approximate surface area is 247 Å². The molecule has 0 saturated heterocycles. The molecule has 0 radical (unpaired) electrons. The van der Waals surface area contributed by atoms with Crippen molar-refractivity contribution in [2.24, 2.45) is 0 Å². The summed E-state index contributed by atoms with van der Waals surface area (Å²) in [5.74, 6) is 7.51. The van der Waals surface area contributed by atoms with Gasteiger partial charge in [-0.1, -0.05) is 57.9 Å². The Morgan fingerprint density at radius 2 is 1.77 bits per heavy atom. The predicted molar refractivity (Wildman–Crippen MR) is 158 cm³/mol. The second-order valence-corrected chi connectivity index (χ2v) is 10.8. The van der Waals surface area contributed by atoms with E-state index < -0.39 is 5.97 Å². The molecule has 1 aliphatic rings. The highest BCUT2D eigenvalue weighted by atomic mass is 35.5. The minimum atomic E-state index is -0.403. The minimum absolute atomic E-state index is 0.216. The number of rotatable bonds is 7. The van der Waals surface area contributed by atoms with Crippen LogP contribution in [-0.2, 0) is 11.3 Å². The smallest absolute Gasteiger partial charge is 0.339 e. The summed E-state index contributed by atoms with van der Waals surface area (Å²) in [5, 5.41) is 5.74. The summed E-state index contributed by atoms with van der Waals surface area (Å²) in [4.78, 5) is 13.9. The van der Waals surface area contributed by atoms with Crippen molar-refractivity contribution in [3.8, 4) is 28.8 Å². The van der Waals surface area contributed by atoms with Crippen LogP contribution in [0.15, 0.2) is 59.1 Å². The van der Waals surface area contributed by atoms with E-state index in [9.17, 15) is 4.79 Å². The zero-order valence-electron chi connectivity index (χ0n) is 22.1. The summed E-state index contributed by atoms with van der Waals surface area (Å²) in [6, 6.07) is 16.0. The van der Waals surface area contributed by atoms with E-state index in [0.29, 0.717) is 54.8 Å². The Hall–Kier alpha value is -3.63. The van der Waals surface area contributed by atoms with Crippen LogP contribution in [0.4, 0.5) is 5.69 Å². The standard InChI is InChI=1S/C31H25Cl3N2O4/c1-36(2)27-15-18(8-14-22(27)31(37)38-3)7-9-19-12-13-21(16-26(19)34)39-17-23-29(35-40-30(23)20-10-11-20)28-24(32)5-4-6-25(28)33/h4-6,8,12-16,20H,10-11,17H2,1-3H3. The lowest BCUT2D eigenvalue weighted by Gasteiger charge is -2.16. The minimum Gasteiger partial charge on any atom is -0.489 e. The molecule has 1 fully saturated rings. The number of nitrogens with zero attached hydrogens (tertiary/aromatic N) is 2. The molecule has 0 aliphatic heterocycles. The molecule has 1 saturated carbocycles. The molecule has 0 amide bonds. The summed E-state index contributed by atoms with van der Waals surface area (Å²) in [6.07, 6.45) is 2.08. The highest BCUT2D eigenvalue weighted by Gasteiger charge is 2.33. The summed E-state index contributed by atoms with van der Waals surface area (Å²) in [5.41, 5.74) is 4.59. The van der Waals surface area contributed by atoms with E-state index in [1.807, 2.05) is 37.2 Å². The summed E-state index contributed by atoms with van der Waals surface area (Å²) in [6.45, 7) is 0.216. The zero-order valence-corrected chi connectivity index (χ0v) is 24.3. The van der Waals surface area contributed by atoms with Crippen LogP contribution in [0.5, 0.6) is 5.75 Å². The van der Waals surface area contributed by atoms with Crippen LogP contribution in [0.3, 0.4) is 0 Å². The largest absolute Gasteiger partial charge is 0.489 e. The number of methoxy groups -OCH3 is 1. The molecule has 204 valence electrons. The van der Waals surface area contributed by atoms with Crippen LogP contribution in [0.2, 0.25) is 15.1 Å². The molecule has 9 heteroatoms. The van der Waals surface area contributed by atoms with Crippen molar-refractivity contribution in [2.75, 3.05) is 26.1 Å². The molecule has 0 unspecified atom stereocenters. The normalized spacial score (nSPS) is 12.4. The zero-order chi connectivity index (χ0) is 28.4. The van der Waals surface area contributed by atoms with Crippen molar-refractivity contribution in [3.63, 3.8) is 0 Å². The average Bonchev–Trinajstić information content (AvgIpc) is 3.70. The molecule has 0 bridgehead atoms. The molecule has 0 spiro atoms. The Kier molecular flexibility index (Phi) is 8.27. The number of ether oxygens (including phenoxy) is 2. The van der Waals surface area contributed by atoms with Crippen molar-refractivity contribution in [1.82, 2.24) is 5.16 Å². The molecule has 1 aliphatic carbocycles. The van der Waals surface area contributed by atoms with E-state index in [0.717, 1.165) is 29.7 Å². The van der Waals surface area contributed by atoms with Crippen LogP contribution < -0.4 is 9.64 Å². The molecule has 0 N–H and O–H groups in total. The van der Waals surface area contributed by atoms with Gasteiger partial charge in [-0.2, -0.15) is 0 Å². The number of halogens is 3. The molecule has 3 aromatic carbocycles. The maximum Gasteiger partial charge on any atom is 0.339 e. The molecule has 4 aromatic rings. The van der Waals surface area contributed by atoms with Gasteiger partial charge in [0.2, 0.25) is 0 Å². The number of carbonyl (C=O) groups is 1. The topological polar surface area (TPSA) is 64.8 Å². The number of carbonyl (C=O) groups excluding carboxylic acids is 1. The second-order valence-electron chi connectivity index (χ2n) is 9.54. The van der Waals surface area contributed by atoms with Crippen LogP contribution in [0, 0.1) is 11.8 Å². The molecule has 5 rings (SSSR count). The number of benzene rings is 3. The van der Waals surface area contributed by atoms with Gasteiger partial charge in [-0.25, -0.2) is 4.79 Å². The molecule has 6 nitrogen and oxygen atoms in total. The SMILES string of the molecule is COC(=O)c1ccc(C#Cc2ccc(OCc3c(-c4c(Cl)cccc4Cl)noc3C3CC3)cc2Cl)cc1N(C)C. The van der Waals surface area contributed by atoms with Crippen molar-refractivity contribution in [3.05, 3.63) is 97.7 Å². The lowest BCUT2D eigenvalue weighted by atomic mass is 10.0. The van der Waals surface area contributed by atoms with Gasteiger partial charge in [-0.15, -0.1) is 0 Å². The van der Waals surface area contributed by atoms with E-state index in [1.54, 1.807) is 36.4 Å². The predicted octanol–water partition coefficient (Wildman–Crippen LogP) is 8.01. The van der Waals surface area contributed by atoms with Gasteiger partial charge in [0.15, 0.2) is 0 Å². The van der Waals surface area contributed by atoms with Gasteiger partial charge in [-0.05, 0) is 55.3 Å². The third-order valence-corrected chi connectivity index (χ3v) is 7.46. The van der Waals surface area contributed by atoms with Crippen LogP contribution in [-0.4, -0.2) is 32.3 Å². The van der Waals surface area contributed by atoms with Gasteiger partial charge in [0.25, 0.3) is 0 Å². The fourth-order valence-corrected chi connectivity index (χ4v) is 5.09. The van der Waals surface area contributed by atoms with Gasteiger partial charge in [0.05, 0.1) is 39.0 Å². The molecular weight excluding hydrogens is 571 g/mol. The van der Waals surface area contributed by atoms with Crippen molar-refractivity contribution < 1.29 is 18.8 Å². The fraction of sp³-hybridized carbons (Fsp3) is 0.226. The van der Waals surface area contributed by atoms with Crippen LogP contribution >= 0.6 is 34.8 Å². The van der Waals surface area contributed by atoms with E-state index in [4.69, 9.17) is 48.8 Å². The van der Waals surface area contributed by atoms with E-state index in [1.165, 1.54) is 7.11 Å². The number of hydrogen-bond acceptors (Lipinski definition) is 6. The van der Waals surface area contributed by atoms with Crippen molar-refractivity contribution in [2.45, 2.75) is 25.4 Å². The molecule has 1 heterocycles. The van der Waals surface area contributed by atoms with Crippen LogP contribution in [0.25, 0.3) is 11.3 Å². The summed E-state index contributed by atoms with van der Waals surface area (Å²) in [7, 11) is 5.07. The van der Waals surface area contributed by atoms with E-state index in [-0.39, 0.29) is 6.61 Å². The Morgan fingerprint density at radius 1 is 1.02 bits per heavy atom. The number of anilines is 1. The van der Waals surface area contributed by atoms with Crippen molar-refractivity contribution in [1.29, 1.82) is 0 Å². The molecule has 40 heavy (non-hydrogen) atoms. The van der Waals surface area contributed by atoms with E-state index in [2.05, 4.69) is 17.0 Å². The first-order valence-electron chi connectivity index (χ1n) is 12.5. The van der Waals surface area contributed by atoms with Gasteiger partial charge in [-0.3, -0.25) is 0 Å². The number of aromatic nitrogens is 1. The Morgan fingerprint density at radius 3 is 2.42 bits per heavy atom. The van der Waals surface area contributed by atoms with E-state index >= 15 is 0 Å². The van der Waals surface area contributed by atoms with Gasteiger partial charge in [0, 0.05) is 42.8 Å². The third-order valence-electron chi connectivity index (χ3n) is 6.52. The lowest BCUT2D eigenvalue weighted by Crippen LogP contribution is -2.15. The summed E-state index contributed by atoms with van der Waals surface area (Å²) >= 11 is 19.5. The molecule has 0 atom stereocenters. The first kappa shape index (κ1) is 27.9. The van der Waals surface area contributed by atoms with Crippen molar-refractivity contribution >= 4 is 46.5 Å². The average molecular weight is 596 g/mol. The highest BCUT2D eigenvalue weighted by molar-refractivity contribution is 6.39. The van der Waals surface area contributed by atoms with Crippen LogP contribution in [0.1, 0.15) is 51.6 Å². The maximum atomic E-state index is 12.1. The Balaban J connectivity index is 1.36. The Bertz CT molecular complexity index is 1630.